The molecule has 0 N–H and O–H groups in total. The lowest BCUT2D eigenvalue weighted by Gasteiger charge is -2.11. The molecule has 0 bridgehead atoms. The van der Waals surface area contributed by atoms with Gasteiger partial charge in [0.25, 0.3) is 0 Å². The van der Waals surface area contributed by atoms with Gasteiger partial charge in [-0.3, -0.25) is 4.57 Å². The summed E-state index contributed by atoms with van der Waals surface area (Å²) in [4.78, 5) is 18.1. The van der Waals surface area contributed by atoms with Crippen molar-refractivity contribution in [1.29, 1.82) is 0 Å². The van der Waals surface area contributed by atoms with E-state index in [4.69, 9.17) is 28.9 Å². The van der Waals surface area contributed by atoms with Crippen molar-refractivity contribution >= 4 is 21.8 Å². The van der Waals surface area contributed by atoms with Gasteiger partial charge in [-0.2, -0.15) is 0 Å². The molecule has 0 aliphatic carbocycles. The molecule has 0 aliphatic heterocycles. The lowest BCUT2D eigenvalue weighted by atomic mass is 10.1. The van der Waals surface area contributed by atoms with Crippen LogP contribution < -0.4 is 18.9 Å². The molecule has 5 aromatic heterocycles. The van der Waals surface area contributed by atoms with Crippen LogP contribution in [0.2, 0.25) is 0 Å². The Morgan fingerprint density at radius 1 is 0.404 bits per heavy atom. The van der Waals surface area contributed by atoms with Crippen LogP contribution in [-0.2, 0) is 0 Å². The maximum Gasteiger partial charge on any atom is 0.234 e. The van der Waals surface area contributed by atoms with Crippen molar-refractivity contribution < 1.29 is 18.9 Å². The van der Waals surface area contributed by atoms with Gasteiger partial charge in [-0.25, -0.2) is 19.9 Å². The number of benzene rings is 4. The van der Waals surface area contributed by atoms with Crippen molar-refractivity contribution in [3.63, 3.8) is 0 Å². The Balaban J connectivity index is 1.08. The Bertz CT molecular complexity index is 2480. The molecule has 0 radical (unpaired) electrons. The van der Waals surface area contributed by atoms with E-state index in [0.717, 1.165) is 27.5 Å². The minimum atomic E-state index is 0.502. The zero-order chi connectivity index (χ0) is 34.7. The van der Waals surface area contributed by atoms with E-state index in [1.807, 2.05) is 143 Å². The largest absolute Gasteiger partial charge is 0.457 e. The summed E-state index contributed by atoms with van der Waals surface area (Å²) >= 11 is 0. The van der Waals surface area contributed by atoms with E-state index in [1.165, 1.54) is 0 Å². The average Bonchev–Trinajstić information content (AvgIpc) is 3.83. The fourth-order valence-electron chi connectivity index (χ4n) is 5.92. The van der Waals surface area contributed by atoms with Gasteiger partial charge in [-0.1, -0.05) is 24.3 Å². The summed E-state index contributed by atoms with van der Waals surface area (Å²) in [5.74, 6) is 5.24. The third-order valence-corrected chi connectivity index (χ3v) is 8.24. The van der Waals surface area contributed by atoms with Gasteiger partial charge in [0.15, 0.2) is 0 Å². The standard InChI is InChI=1S/C42H28N6O4/c1-3-19-43-40(13-1)51-32-11-7-9-30(23-32)49-34-15-17-36-37-18-16-35(50-31-10-8-12-33(24-31)52-41-14-2-4-20-44-41)26-39(37)48(38(36)25-34)42-45-27-29(28-46-42)47-21-5-6-22-47/h1-28H. The molecule has 9 aromatic rings. The van der Waals surface area contributed by atoms with Crippen LogP contribution >= 0.6 is 0 Å². The van der Waals surface area contributed by atoms with Crippen LogP contribution in [0.15, 0.2) is 171 Å². The lowest BCUT2D eigenvalue weighted by Crippen LogP contribution is -2.02. The number of nitrogens with zero attached hydrogens (tertiary/aromatic N) is 6. The summed E-state index contributed by atoms with van der Waals surface area (Å²) in [7, 11) is 0. The maximum absolute atomic E-state index is 6.38. The Morgan fingerprint density at radius 3 is 1.37 bits per heavy atom. The van der Waals surface area contributed by atoms with Crippen LogP contribution in [0.5, 0.6) is 46.3 Å². The number of aromatic nitrogens is 6. The summed E-state index contributed by atoms with van der Waals surface area (Å²) in [6.07, 6.45) is 10.9. The predicted molar refractivity (Wildman–Crippen MR) is 197 cm³/mol. The molecule has 9 rings (SSSR count). The van der Waals surface area contributed by atoms with Crippen molar-refractivity contribution in [2.45, 2.75) is 0 Å². The molecule has 10 nitrogen and oxygen atoms in total. The Kier molecular flexibility index (Phi) is 7.91. The first-order valence-electron chi connectivity index (χ1n) is 16.5. The van der Waals surface area contributed by atoms with Gasteiger partial charge in [0.05, 0.1) is 29.1 Å². The first-order chi connectivity index (χ1) is 25.7. The first kappa shape index (κ1) is 30.6. The van der Waals surface area contributed by atoms with Gasteiger partial charge in [0.1, 0.15) is 34.5 Å². The van der Waals surface area contributed by atoms with Crippen LogP contribution in [0.3, 0.4) is 0 Å². The summed E-state index contributed by atoms with van der Waals surface area (Å²) in [5, 5.41) is 2.01. The number of hydrogen-bond donors (Lipinski definition) is 0. The molecule has 10 heteroatoms. The van der Waals surface area contributed by atoms with Crippen LogP contribution in [0, 0.1) is 0 Å². The highest BCUT2D eigenvalue weighted by molar-refractivity contribution is 6.09. The number of rotatable bonds is 10. The lowest BCUT2D eigenvalue weighted by molar-refractivity contribution is 0.448. The van der Waals surface area contributed by atoms with Gasteiger partial charge in [-0.15, -0.1) is 0 Å². The normalized spacial score (nSPS) is 11.1. The second kappa shape index (κ2) is 13.4. The van der Waals surface area contributed by atoms with E-state index in [-0.39, 0.29) is 0 Å². The molecule has 0 saturated carbocycles. The van der Waals surface area contributed by atoms with Crippen molar-refractivity contribution in [1.82, 2.24) is 29.1 Å². The number of pyridine rings is 2. The number of hydrogen-bond acceptors (Lipinski definition) is 8. The SMILES string of the molecule is c1ccc(Oc2cccc(Oc3ccc4c5ccc(Oc6cccc(Oc7ccccn7)c6)cc5n(-c5ncc(-n6cccc6)cn5)c4c3)c2)nc1. The van der Waals surface area contributed by atoms with Crippen molar-refractivity contribution in [2.24, 2.45) is 0 Å². The summed E-state index contributed by atoms with van der Waals surface area (Å²) < 4.78 is 28.6. The molecule has 0 unspecified atom stereocenters. The van der Waals surface area contributed by atoms with Crippen LogP contribution in [-0.4, -0.2) is 29.1 Å². The zero-order valence-corrected chi connectivity index (χ0v) is 27.5. The fraction of sp³-hybridized carbons (Fsp3) is 0. The van der Waals surface area contributed by atoms with Gasteiger partial charge in [0.2, 0.25) is 17.7 Å². The Hall–Kier alpha value is -7.46. The van der Waals surface area contributed by atoms with Crippen molar-refractivity contribution in [3.8, 4) is 57.9 Å². The molecule has 52 heavy (non-hydrogen) atoms. The predicted octanol–water partition coefficient (Wildman–Crippen LogP) is 10.3. The minimum absolute atomic E-state index is 0.502. The highest BCUT2D eigenvalue weighted by Gasteiger charge is 2.17. The van der Waals surface area contributed by atoms with E-state index in [0.29, 0.717) is 52.2 Å². The van der Waals surface area contributed by atoms with Crippen LogP contribution in [0.25, 0.3) is 33.4 Å². The summed E-state index contributed by atoms with van der Waals surface area (Å²) in [6.45, 7) is 0. The van der Waals surface area contributed by atoms with Crippen molar-refractivity contribution in [2.75, 3.05) is 0 Å². The molecule has 0 amide bonds. The molecule has 0 saturated heterocycles. The highest BCUT2D eigenvalue weighted by Crippen LogP contribution is 2.38. The summed E-state index contributed by atoms with van der Waals surface area (Å²) in [5.41, 5.74) is 2.58. The molecule has 0 fully saturated rings. The number of fused-ring (bicyclic) bond motifs is 3. The van der Waals surface area contributed by atoms with E-state index >= 15 is 0 Å². The quantitative estimate of drug-likeness (QED) is 0.141. The van der Waals surface area contributed by atoms with Gasteiger partial charge < -0.3 is 23.5 Å². The zero-order valence-electron chi connectivity index (χ0n) is 27.5. The second-order valence-corrected chi connectivity index (χ2v) is 11.7. The third-order valence-electron chi connectivity index (χ3n) is 8.24. The topological polar surface area (TPSA) is 98.3 Å². The van der Waals surface area contributed by atoms with E-state index in [9.17, 15) is 0 Å². The first-order valence-corrected chi connectivity index (χ1v) is 16.5. The molecular weight excluding hydrogens is 652 g/mol. The Morgan fingerprint density at radius 2 is 0.885 bits per heavy atom. The minimum Gasteiger partial charge on any atom is -0.457 e. The second-order valence-electron chi connectivity index (χ2n) is 11.7. The highest BCUT2D eigenvalue weighted by atomic mass is 16.5. The van der Waals surface area contributed by atoms with Gasteiger partial charge in [0, 0.05) is 72.0 Å². The molecule has 5 heterocycles. The Labute approximate surface area is 297 Å². The molecule has 0 atom stereocenters. The van der Waals surface area contributed by atoms with E-state index in [1.54, 1.807) is 36.9 Å². The molecule has 0 aliphatic rings. The molecule has 0 spiro atoms. The average molecular weight is 681 g/mol. The van der Waals surface area contributed by atoms with E-state index in [2.05, 4.69) is 9.97 Å². The smallest absolute Gasteiger partial charge is 0.234 e. The third kappa shape index (κ3) is 6.35. The van der Waals surface area contributed by atoms with Crippen LogP contribution in [0.4, 0.5) is 0 Å². The molecule has 4 aromatic carbocycles. The molecule has 250 valence electrons. The summed E-state index contributed by atoms with van der Waals surface area (Å²) in [6, 6.07) is 41.9. The monoisotopic (exact) mass is 680 g/mol. The number of ether oxygens (including phenoxy) is 4. The van der Waals surface area contributed by atoms with Crippen LogP contribution in [0.1, 0.15) is 0 Å². The van der Waals surface area contributed by atoms with Crippen molar-refractivity contribution in [3.05, 3.63) is 171 Å². The van der Waals surface area contributed by atoms with E-state index < -0.39 is 0 Å². The van der Waals surface area contributed by atoms with Gasteiger partial charge in [-0.05, 0) is 72.8 Å². The molecular formula is C42H28N6O4. The fourth-order valence-corrected chi connectivity index (χ4v) is 5.92. The van der Waals surface area contributed by atoms with Gasteiger partial charge >= 0.3 is 0 Å². The maximum atomic E-state index is 6.38.